The van der Waals surface area contributed by atoms with Crippen LogP contribution < -0.4 is 0 Å². The van der Waals surface area contributed by atoms with Gasteiger partial charge < -0.3 is 13.3 Å². The first kappa shape index (κ1) is 22.9. The minimum Gasteiger partial charge on any atom is -0.456 e. The molecule has 0 atom stereocenters. The van der Waals surface area contributed by atoms with Crippen LogP contribution in [0.1, 0.15) is 0 Å². The molecule has 0 saturated heterocycles. The Hall–Kier alpha value is -5.28. The Labute approximate surface area is 226 Å². The van der Waals surface area contributed by atoms with E-state index in [1.807, 2.05) is 127 Å². The van der Waals surface area contributed by atoms with Crippen molar-refractivity contribution in [3.63, 3.8) is 0 Å². The number of hydrogen-bond donors (Lipinski definition) is 0. The van der Waals surface area contributed by atoms with E-state index in [4.69, 9.17) is 13.3 Å². The third-order valence-electron chi connectivity index (χ3n) is 6.78. The molecular weight excluding hydrogens is 480 g/mol. The molecule has 3 nitrogen and oxygen atoms in total. The number of hydrogen-bond acceptors (Lipinski definition) is 3. The fourth-order valence-corrected chi connectivity index (χ4v) is 4.81. The van der Waals surface area contributed by atoms with Crippen molar-refractivity contribution in [2.24, 2.45) is 0 Å². The van der Waals surface area contributed by atoms with Crippen LogP contribution in [0.4, 0.5) is 0 Å². The Morgan fingerprint density at radius 1 is 0.231 bits per heavy atom. The van der Waals surface area contributed by atoms with Crippen LogP contribution in [0.5, 0.6) is 0 Å². The minimum absolute atomic E-state index is 0.779. The van der Waals surface area contributed by atoms with Crippen molar-refractivity contribution in [1.29, 1.82) is 0 Å². The molecule has 0 spiro atoms. The van der Waals surface area contributed by atoms with Gasteiger partial charge in [-0.05, 0) is 54.6 Å². The minimum atomic E-state index is 0.779. The first-order valence-electron chi connectivity index (χ1n) is 12.9. The normalized spacial score (nSPS) is 11.1. The lowest BCUT2D eigenvalue weighted by atomic mass is 10.0. The molecule has 3 heteroatoms. The van der Waals surface area contributed by atoms with E-state index in [1.54, 1.807) is 0 Å². The summed E-state index contributed by atoms with van der Waals surface area (Å²) in [7, 11) is 0. The number of benzene rings is 4. The van der Waals surface area contributed by atoms with E-state index in [9.17, 15) is 0 Å². The summed E-state index contributed by atoms with van der Waals surface area (Å²) < 4.78 is 19.0. The van der Waals surface area contributed by atoms with E-state index in [0.29, 0.717) is 0 Å². The molecule has 0 fully saturated rings. The zero-order valence-electron chi connectivity index (χ0n) is 21.1. The summed E-state index contributed by atoms with van der Waals surface area (Å²) in [5.74, 6) is 4.81. The van der Waals surface area contributed by atoms with Crippen molar-refractivity contribution >= 4 is 0 Å². The zero-order chi connectivity index (χ0) is 26.0. The Morgan fingerprint density at radius 2 is 0.462 bits per heavy atom. The Morgan fingerprint density at radius 3 is 0.718 bits per heavy atom. The second kappa shape index (κ2) is 9.88. The van der Waals surface area contributed by atoms with Gasteiger partial charge in [-0.1, -0.05) is 91.0 Å². The van der Waals surface area contributed by atoms with Gasteiger partial charge in [0.25, 0.3) is 0 Å². The van der Waals surface area contributed by atoms with E-state index in [0.717, 1.165) is 67.9 Å². The van der Waals surface area contributed by atoms with Crippen molar-refractivity contribution in [2.75, 3.05) is 0 Å². The molecule has 7 aromatic rings. The maximum atomic E-state index is 6.33. The maximum absolute atomic E-state index is 6.33. The molecule has 0 aliphatic rings. The van der Waals surface area contributed by atoms with Gasteiger partial charge in [-0.3, -0.25) is 0 Å². The predicted molar refractivity (Wildman–Crippen MR) is 156 cm³/mol. The lowest BCUT2D eigenvalue weighted by Crippen LogP contribution is -1.83. The number of rotatable bonds is 6. The van der Waals surface area contributed by atoms with Crippen LogP contribution in [0.15, 0.2) is 159 Å². The van der Waals surface area contributed by atoms with Crippen molar-refractivity contribution in [1.82, 2.24) is 0 Å². The van der Waals surface area contributed by atoms with Crippen LogP contribution in [-0.4, -0.2) is 0 Å². The highest BCUT2D eigenvalue weighted by Crippen LogP contribution is 2.38. The Bertz CT molecular complexity index is 1610. The van der Waals surface area contributed by atoms with Crippen LogP contribution in [0.25, 0.3) is 67.9 Å². The molecule has 39 heavy (non-hydrogen) atoms. The van der Waals surface area contributed by atoms with Crippen LogP contribution in [0.3, 0.4) is 0 Å². The van der Waals surface area contributed by atoms with Gasteiger partial charge in [0.1, 0.15) is 34.6 Å². The quantitative estimate of drug-likeness (QED) is 0.226. The summed E-state index contributed by atoms with van der Waals surface area (Å²) >= 11 is 0. The molecule has 0 radical (unpaired) electrons. The van der Waals surface area contributed by atoms with Crippen molar-refractivity contribution in [2.45, 2.75) is 0 Å². The molecule has 0 amide bonds. The molecule has 7 rings (SSSR count). The fourth-order valence-electron chi connectivity index (χ4n) is 4.81. The fraction of sp³-hybridized carbons (Fsp3) is 0. The molecule has 3 aromatic heterocycles. The van der Waals surface area contributed by atoms with Gasteiger partial charge >= 0.3 is 0 Å². The molecule has 3 heterocycles. The highest BCUT2D eigenvalue weighted by atomic mass is 16.3. The third kappa shape index (κ3) is 4.62. The monoisotopic (exact) mass is 504 g/mol. The van der Waals surface area contributed by atoms with Crippen LogP contribution in [0, 0.1) is 0 Å². The first-order valence-corrected chi connectivity index (χ1v) is 12.9. The van der Waals surface area contributed by atoms with Crippen molar-refractivity contribution < 1.29 is 13.3 Å². The predicted octanol–water partition coefficient (Wildman–Crippen LogP) is 10.5. The van der Waals surface area contributed by atoms with Crippen molar-refractivity contribution in [3.05, 3.63) is 146 Å². The van der Waals surface area contributed by atoms with E-state index in [-0.39, 0.29) is 0 Å². The van der Waals surface area contributed by atoms with E-state index in [2.05, 4.69) is 18.2 Å². The molecule has 0 N–H and O–H groups in total. The van der Waals surface area contributed by atoms with Gasteiger partial charge in [-0.15, -0.1) is 0 Å². The molecule has 4 aromatic carbocycles. The van der Waals surface area contributed by atoms with E-state index >= 15 is 0 Å². The van der Waals surface area contributed by atoms with Gasteiger partial charge in [0, 0.05) is 33.4 Å². The van der Waals surface area contributed by atoms with Gasteiger partial charge in [-0.2, -0.15) is 0 Å². The smallest absolute Gasteiger partial charge is 0.134 e. The van der Waals surface area contributed by atoms with E-state index < -0.39 is 0 Å². The lowest BCUT2D eigenvalue weighted by Gasteiger charge is -2.07. The standard InChI is InChI=1S/C36H24O3/c1-4-10-25(11-5-1)31-16-19-34(37-31)28-22-29(35-20-17-32(38-35)26-12-6-2-7-13-26)24-30(23-28)36-21-18-33(39-36)27-14-8-3-9-15-27/h1-24H. The van der Waals surface area contributed by atoms with Gasteiger partial charge in [-0.25, -0.2) is 0 Å². The maximum Gasteiger partial charge on any atom is 0.134 e. The topological polar surface area (TPSA) is 39.4 Å². The highest BCUT2D eigenvalue weighted by molar-refractivity contribution is 5.79. The summed E-state index contributed by atoms with van der Waals surface area (Å²) in [6.45, 7) is 0. The van der Waals surface area contributed by atoms with E-state index in [1.165, 1.54) is 0 Å². The zero-order valence-corrected chi connectivity index (χ0v) is 21.1. The second-order valence-corrected chi connectivity index (χ2v) is 9.39. The van der Waals surface area contributed by atoms with Gasteiger partial charge in [0.05, 0.1) is 0 Å². The summed E-state index contributed by atoms with van der Waals surface area (Å²) in [5.41, 5.74) is 5.95. The molecule has 0 bridgehead atoms. The highest BCUT2D eigenvalue weighted by Gasteiger charge is 2.15. The molecule has 0 unspecified atom stereocenters. The van der Waals surface area contributed by atoms with Crippen LogP contribution in [0.2, 0.25) is 0 Å². The average Bonchev–Trinajstić information content (AvgIpc) is 3.80. The SMILES string of the molecule is c1ccc(-c2ccc(-c3cc(-c4ccc(-c5ccccc5)o4)cc(-c4ccc(-c5ccccc5)o4)c3)o2)cc1. The third-order valence-corrected chi connectivity index (χ3v) is 6.78. The molecule has 0 aliphatic carbocycles. The Balaban J connectivity index is 1.33. The summed E-state index contributed by atoms with van der Waals surface area (Å²) in [4.78, 5) is 0. The lowest BCUT2D eigenvalue weighted by molar-refractivity contribution is 0.593. The number of furan rings is 3. The molecular formula is C36H24O3. The van der Waals surface area contributed by atoms with Crippen LogP contribution in [-0.2, 0) is 0 Å². The first-order chi connectivity index (χ1) is 19.3. The molecule has 0 aliphatic heterocycles. The molecule has 0 saturated carbocycles. The summed E-state index contributed by atoms with van der Waals surface area (Å²) in [6.07, 6.45) is 0. The Kier molecular flexibility index (Phi) is 5.80. The van der Waals surface area contributed by atoms with Crippen molar-refractivity contribution in [3.8, 4) is 67.9 Å². The van der Waals surface area contributed by atoms with Gasteiger partial charge in [0.15, 0.2) is 0 Å². The van der Waals surface area contributed by atoms with Crippen LogP contribution >= 0.6 is 0 Å². The van der Waals surface area contributed by atoms with Gasteiger partial charge in [0.2, 0.25) is 0 Å². The molecule has 186 valence electrons. The average molecular weight is 505 g/mol. The second-order valence-electron chi connectivity index (χ2n) is 9.39. The largest absolute Gasteiger partial charge is 0.456 e. The summed E-state index contributed by atoms with van der Waals surface area (Å²) in [5, 5.41) is 0. The summed E-state index contributed by atoms with van der Waals surface area (Å²) in [6, 6.07) is 48.8.